The molecule has 0 N–H and O–H groups in total. The van der Waals surface area contributed by atoms with E-state index in [-0.39, 0.29) is 24.0 Å². The van der Waals surface area contributed by atoms with E-state index in [9.17, 15) is 22.8 Å². The van der Waals surface area contributed by atoms with Gasteiger partial charge in [0.1, 0.15) is 11.5 Å². The second kappa shape index (κ2) is 11.6. The lowest BCUT2D eigenvalue weighted by molar-refractivity contribution is -0.132. The smallest absolute Gasteiger partial charge is 0.338 e. The van der Waals surface area contributed by atoms with Gasteiger partial charge in [0.15, 0.2) is 14.6 Å². The van der Waals surface area contributed by atoms with Crippen LogP contribution in [0.3, 0.4) is 0 Å². The molecule has 1 aromatic heterocycles. The van der Waals surface area contributed by atoms with Crippen molar-refractivity contribution in [1.29, 1.82) is 0 Å². The van der Waals surface area contributed by atoms with E-state index in [2.05, 4.69) is 10.9 Å². The zero-order valence-corrected chi connectivity index (χ0v) is 21.5. The standard InChI is InChI=1S/C24H29N3O6S2/c1-4-12-27-19-11-10-17(23(30)33-6-3)14-20(19)34-24(27)25-21(28)15-35(31,32)16-22(29)26-13-8-7-9-18(26)5-2/h1,10-11,14,18H,5-9,12-13,15-16H2,2-3H3. The third-order valence-corrected chi connectivity index (χ3v) is 8.18. The van der Waals surface area contributed by atoms with Gasteiger partial charge in [0.2, 0.25) is 5.91 Å². The Balaban J connectivity index is 1.83. The molecule has 0 bridgehead atoms. The Morgan fingerprint density at radius 1 is 1.23 bits per heavy atom. The highest BCUT2D eigenvalue weighted by molar-refractivity contribution is 7.92. The molecule has 9 nitrogen and oxygen atoms in total. The number of ether oxygens (including phenoxy) is 1. The first-order chi connectivity index (χ1) is 16.7. The average Bonchev–Trinajstić information content (AvgIpc) is 3.14. The zero-order chi connectivity index (χ0) is 25.6. The third-order valence-electron chi connectivity index (χ3n) is 5.77. The monoisotopic (exact) mass is 519 g/mol. The molecule has 2 heterocycles. The molecule has 1 aliphatic rings. The number of carbonyl (C=O) groups excluding carboxylic acids is 3. The lowest BCUT2D eigenvalue weighted by Crippen LogP contribution is -2.46. The molecule has 1 unspecified atom stereocenters. The fraction of sp³-hybridized carbons (Fsp3) is 0.500. The molecular formula is C24H29N3O6S2. The number of nitrogens with zero attached hydrogens (tertiary/aromatic N) is 3. The number of sulfone groups is 1. The summed E-state index contributed by atoms with van der Waals surface area (Å²) >= 11 is 1.11. The van der Waals surface area contributed by atoms with Gasteiger partial charge in [-0.25, -0.2) is 13.2 Å². The van der Waals surface area contributed by atoms with E-state index in [1.807, 2.05) is 6.92 Å². The minimum Gasteiger partial charge on any atom is -0.462 e. The van der Waals surface area contributed by atoms with Crippen molar-refractivity contribution in [3.05, 3.63) is 28.6 Å². The summed E-state index contributed by atoms with van der Waals surface area (Å²) in [6.07, 6.45) is 8.95. The molecule has 1 aromatic carbocycles. The number of rotatable bonds is 8. The quantitative estimate of drug-likeness (QED) is 0.390. The molecule has 0 radical (unpaired) electrons. The van der Waals surface area contributed by atoms with E-state index >= 15 is 0 Å². The predicted molar refractivity (Wildman–Crippen MR) is 133 cm³/mol. The number of aromatic nitrogens is 1. The van der Waals surface area contributed by atoms with Crippen molar-refractivity contribution >= 4 is 49.2 Å². The second-order valence-corrected chi connectivity index (χ2v) is 11.3. The fourth-order valence-electron chi connectivity index (χ4n) is 4.15. The number of carbonyl (C=O) groups is 3. The summed E-state index contributed by atoms with van der Waals surface area (Å²) in [5.74, 6) is -0.930. The maximum atomic E-state index is 12.7. The van der Waals surface area contributed by atoms with Crippen molar-refractivity contribution in [1.82, 2.24) is 9.47 Å². The van der Waals surface area contributed by atoms with Crippen molar-refractivity contribution in [3.8, 4) is 12.3 Å². The summed E-state index contributed by atoms with van der Waals surface area (Å²) < 4.78 is 32.5. The molecule has 3 rings (SSSR count). The van der Waals surface area contributed by atoms with Crippen LogP contribution < -0.4 is 4.80 Å². The number of amides is 2. The van der Waals surface area contributed by atoms with Gasteiger partial charge in [-0.05, 0) is 50.8 Å². The van der Waals surface area contributed by atoms with E-state index in [0.29, 0.717) is 22.3 Å². The Morgan fingerprint density at radius 2 is 2.00 bits per heavy atom. The van der Waals surface area contributed by atoms with Gasteiger partial charge >= 0.3 is 5.97 Å². The molecule has 0 spiro atoms. The van der Waals surface area contributed by atoms with Gasteiger partial charge in [0.05, 0.1) is 28.9 Å². The van der Waals surface area contributed by atoms with Crippen LogP contribution in [0.4, 0.5) is 0 Å². The van der Waals surface area contributed by atoms with Crippen molar-refractivity contribution in [2.45, 2.75) is 52.1 Å². The molecule has 1 fully saturated rings. The van der Waals surface area contributed by atoms with Crippen LogP contribution in [0, 0.1) is 12.3 Å². The van der Waals surface area contributed by atoms with E-state index < -0.39 is 39.1 Å². The lowest BCUT2D eigenvalue weighted by Gasteiger charge is -2.35. The molecule has 35 heavy (non-hydrogen) atoms. The summed E-state index contributed by atoms with van der Waals surface area (Å²) in [6.45, 7) is 4.55. The van der Waals surface area contributed by atoms with Crippen molar-refractivity contribution in [2.24, 2.45) is 4.99 Å². The number of piperidine rings is 1. The number of benzene rings is 1. The Hall–Kier alpha value is -2.97. The van der Waals surface area contributed by atoms with Crippen LogP contribution in [-0.2, 0) is 30.7 Å². The van der Waals surface area contributed by atoms with Crippen LogP contribution in [0.1, 0.15) is 49.9 Å². The van der Waals surface area contributed by atoms with Gasteiger partial charge in [-0.1, -0.05) is 24.2 Å². The largest absolute Gasteiger partial charge is 0.462 e. The van der Waals surface area contributed by atoms with Gasteiger partial charge in [0.25, 0.3) is 5.91 Å². The zero-order valence-electron chi connectivity index (χ0n) is 19.9. The molecule has 1 saturated heterocycles. The number of fused-ring (bicyclic) bond motifs is 1. The molecule has 0 saturated carbocycles. The molecule has 11 heteroatoms. The SMILES string of the molecule is C#CCn1c(=NC(=O)CS(=O)(=O)CC(=O)N2CCCCC2CC)sc2cc(C(=O)OCC)ccc21. The first kappa shape index (κ1) is 26.6. The van der Waals surface area contributed by atoms with Gasteiger partial charge in [-0.3, -0.25) is 9.59 Å². The third kappa shape index (κ3) is 6.58. The topological polar surface area (TPSA) is 115 Å². The van der Waals surface area contributed by atoms with Gasteiger partial charge in [0, 0.05) is 12.6 Å². The minimum absolute atomic E-state index is 0.0348. The minimum atomic E-state index is -4.00. The molecule has 2 aromatic rings. The van der Waals surface area contributed by atoms with Gasteiger partial charge in [-0.2, -0.15) is 4.99 Å². The maximum Gasteiger partial charge on any atom is 0.338 e. The summed E-state index contributed by atoms with van der Waals surface area (Å²) in [5.41, 5.74) is 0.997. The maximum absolute atomic E-state index is 12.7. The number of thiazole rings is 1. The first-order valence-corrected chi connectivity index (χ1v) is 14.1. The predicted octanol–water partition coefficient (Wildman–Crippen LogP) is 2.15. The van der Waals surface area contributed by atoms with Crippen LogP contribution in [-0.4, -0.2) is 66.4 Å². The van der Waals surface area contributed by atoms with Crippen molar-refractivity contribution < 1.29 is 27.5 Å². The molecule has 2 amide bonds. The van der Waals surface area contributed by atoms with Crippen LogP contribution in [0.2, 0.25) is 0 Å². The number of terminal acetylenes is 1. The highest BCUT2D eigenvalue weighted by Gasteiger charge is 2.29. The molecule has 1 atom stereocenters. The van der Waals surface area contributed by atoms with Crippen LogP contribution in [0.25, 0.3) is 10.2 Å². The highest BCUT2D eigenvalue weighted by atomic mass is 32.2. The first-order valence-electron chi connectivity index (χ1n) is 11.5. The Kier molecular flexibility index (Phi) is 8.86. The summed E-state index contributed by atoms with van der Waals surface area (Å²) in [6, 6.07) is 4.92. The molecule has 188 valence electrons. The van der Waals surface area contributed by atoms with Gasteiger partial charge in [-0.15, -0.1) is 6.42 Å². The summed E-state index contributed by atoms with van der Waals surface area (Å²) in [4.78, 5) is 43.1. The van der Waals surface area contributed by atoms with E-state index in [4.69, 9.17) is 11.2 Å². The molecule has 0 aliphatic carbocycles. The van der Waals surface area contributed by atoms with E-state index in [1.54, 1.807) is 34.6 Å². The average molecular weight is 520 g/mol. The number of hydrogen-bond donors (Lipinski definition) is 0. The van der Waals surface area contributed by atoms with Crippen LogP contribution in [0.15, 0.2) is 23.2 Å². The lowest BCUT2D eigenvalue weighted by atomic mass is 10.0. The van der Waals surface area contributed by atoms with Gasteiger partial charge < -0.3 is 14.2 Å². The van der Waals surface area contributed by atoms with E-state index in [1.165, 1.54) is 0 Å². The Morgan fingerprint density at radius 3 is 2.69 bits per heavy atom. The summed E-state index contributed by atoms with van der Waals surface area (Å²) in [7, 11) is -4.00. The van der Waals surface area contributed by atoms with Crippen LogP contribution in [0.5, 0.6) is 0 Å². The molecular weight excluding hydrogens is 490 g/mol. The normalized spacial score (nSPS) is 16.8. The number of likely N-dealkylation sites (tertiary alicyclic amines) is 1. The van der Waals surface area contributed by atoms with E-state index in [0.717, 1.165) is 37.0 Å². The number of esters is 1. The van der Waals surface area contributed by atoms with Crippen molar-refractivity contribution in [3.63, 3.8) is 0 Å². The van der Waals surface area contributed by atoms with Crippen molar-refractivity contribution in [2.75, 3.05) is 24.7 Å². The Labute approximate surface area is 208 Å². The summed E-state index contributed by atoms with van der Waals surface area (Å²) in [5, 5.41) is 0. The second-order valence-electron chi connectivity index (χ2n) is 8.26. The number of hydrogen-bond acceptors (Lipinski definition) is 7. The molecule has 1 aliphatic heterocycles. The highest BCUT2D eigenvalue weighted by Crippen LogP contribution is 2.21. The fourth-order valence-corrected chi connectivity index (χ4v) is 6.32. The van der Waals surface area contributed by atoms with Crippen LogP contribution >= 0.6 is 11.3 Å². The Bertz CT molecular complexity index is 1330.